The van der Waals surface area contributed by atoms with E-state index in [1.807, 2.05) is 7.05 Å². The van der Waals surface area contributed by atoms with E-state index in [0.29, 0.717) is 10.3 Å². The summed E-state index contributed by atoms with van der Waals surface area (Å²) in [5.41, 5.74) is 1.68. The zero-order valence-electron chi connectivity index (χ0n) is 11.3. The Morgan fingerprint density at radius 2 is 1.90 bits per heavy atom. The molecule has 0 fully saturated rings. The average Bonchev–Trinajstić information content (AvgIpc) is 2.42. The summed E-state index contributed by atoms with van der Waals surface area (Å²) in [5.74, 6) is 1.24. The highest BCUT2D eigenvalue weighted by molar-refractivity contribution is 9.11. The fraction of sp³-hybridized carbons (Fsp3) is 0.286. The molecule has 2 aromatic rings. The number of nitrogens with one attached hydrogen (secondary N) is 1. The van der Waals surface area contributed by atoms with Gasteiger partial charge in [0.05, 0.1) is 14.6 Å². The highest BCUT2D eigenvalue weighted by atomic mass is 79.9. The molecule has 106 valence electrons. The van der Waals surface area contributed by atoms with Crippen LogP contribution < -0.4 is 5.32 Å². The van der Waals surface area contributed by atoms with E-state index in [4.69, 9.17) is 0 Å². The summed E-state index contributed by atoms with van der Waals surface area (Å²) in [6.45, 7) is 4.13. The standard InChI is InChI=1S/C14H14Br2FN3/c1-7(2)12-11(16)14(18-3)20-13(19-12)8-4-5-10(17)9(15)6-8/h4-7H,1-3H3,(H,18,19,20). The number of anilines is 1. The molecule has 1 heterocycles. The van der Waals surface area contributed by atoms with Crippen molar-refractivity contribution in [3.63, 3.8) is 0 Å². The Hall–Kier alpha value is -1.01. The van der Waals surface area contributed by atoms with Gasteiger partial charge in [-0.25, -0.2) is 14.4 Å². The number of benzene rings is 1. The monoisotopic (exact) mass is 401 g/mol. The van der Waals surface area contributed by atoms with Gasteiger partial charge in [-0.2, -0.15) is 0 Å². The van der Waals surface area contributed by atoms with Crippen LogP contribution in [0.25, 0.3) is 11.4 Å². The Bertz CT molecular complexity index is 645. The lowest BCUT2D eigenvalue weighted by Crippen LogP contribution is -2.04. The molecule has 2 rings (SSSR count). The smallest absolute Gasteiger partial charge is 0.161 e. The third kappa shape index (κ3) is 3.01. The predicted molar refractivity (Wildman–Crippen MR) is 86.5 cm³/mol. The van der Waals surface area contributed by atoms with E-state index in [0.717, 1.165) is 21.5 Å². The van der Waals surface area contributed by atoms with Crippen molar-refractivity contribution >= 4 is 37.7 Å². The molecule has 20 heavy (non-hydrogen) atoms. The third-order valence-electron chi connectivity index (χ3n) is 2.84. The van der Waals surface area contributed by atoms with Gasteiger partial charge in [-0.1, -0.05) is 13.8 Å². The number of hydrogen-bond donors (Lipinski definition) is 1. The van der Waals surface area contributed by atoms with Crippen LogP contribution in [0.3, 0.4) is 0 Å². The summed E-state index contributed by atoms with van der Waals surface area (Å²) in [6, 6.07) is 4.76. The van der Waals surface area contributed by atoms with Gasteiger partial charge in [0.2, 0.25) is 0 Å². The minimum Gasteiger partial charge on any atom is -0.372 e. The second-order valence-electron chi connectivity index (χ2n) is 4.63. The number of nitrogens with zero attached hydrogens (tertiary/aromatic N) is 2. The van der Waals surface area contributed by atoms with E-state index < -0.39 is 0 Å². The van der Waals surface area contributed by atoms with Crippen LogP contribution in [0, 0.1) is 5.82 Å². The first-order chi connectivity index (χ1) is 9.43. The Balaban J connectivity index is 2.61. The van der Waals surface area contributed by atoms with Gasteiger partial charge in [-0.3, -0.25) is 0 Å². The van der Waals surface area contributed by atoms with Crippen molar-refractivity contribution in [3.05, 3.63) is 38.7 Å². The van der Waals surface area contributed by atoms with E-state index in [1.54, 1.807) is 12.1 Å². The Labute approximate surface area is 134 Å². The molecule has 0 aliphatic heterocycles. The van der Waals surface area contributed by atoms with Gasteiger partial charge in [-0.05, 0) is 56.0 Å². The fourth-order valence-corrected chi connectivity index (χ4v) is 2.99. The molecule has 0 radical (unpaired) electrons. The van der Waals surface area contributed by atoms with E-state index in [9.17, 15) is 4.39 Å². The summed E-state index contributed by atoms with van der Waals surface area (Å²) in [4.78, 5) is 9.04. The molecular formula is C14H14Br2FN3. The Morgan fingerprint density at radius 1 is 1.20 bits per heavy atom. The highest BCUT2D eigenvalue weighted by Crippen LogP contribution is 2.32. The van der Waals surface area contributed by atoms with Gasteiger partial charge < -0.3 is 5.32 Å². The average molecular weight is 403 g/mol. The molecule has 6 heteroatoms. The molecular weight excluding hydrogens is 389 g/mol. The van der Waals surface area contributed by atoms with Crippen LogP contribution in [-0.4, -0.2) is 17.0 Å². The van der Waals surface area contributed by atoms with Crippen molar-refractivity contribution in [2.75, 3.05) is 12.4 Å². The first kappa shape index (κ1) is 15.4. The normalized spacial score (nSPS) is 10.9. The second-order valence-corrected chi connectivity index (χ2v) is 6.28. The second kappa shape index (κ2) is 6.18. The lowest BCUT2D eigenvalue weighted by molar-refractivity contribution is 0.621. The summed E-state index contributed by atoms with van der Waals surface area (Å²) in [7, 11) is 1.81. The molecule has 0 saturated heterocycles. The van der Waals surface area contributed by atoms with Crippen molar-refractivity contribution < 1.29 is 4.39 Å². The van der Waals surface area contributed by atoms with Crippen LogP contribution in [0.5, 0.6) is 0 Å². The molecule has 1 aromatic heterocycles. The van der Waals surface area contributed by atoms with Crippen LogP contribution in [0.4, 0.5) is 10.2 Å². The van der Waals surface area contributed by atoms with Gasteiger partial charge in [0.15, 0.2) is 5.82 Å². The van der Waals surface area contributed by atoms with Crippen LogP contribution in [0.1, 0.15) is 25.5 Å². The maximum Gasteiger partial charge on any atom is 0.161 e. The van der Waals surface area contributed by atoms with Gasteiger partial charge >= 0.3 is 0 Å². The molecule has 0 bridgehead atoms. The SMILES string of the molecule is CNc1nc(-c2ccc(F)c(Br)c2)nc(C(C)C)c1Br. The first-order valence-corrected chi connectivity index (χ1v) is 7.73. The van der Waals surface area contributed by atoms with Crippen molar-refractivity contribution in [2.24, 2.45) is 0 Å². The van der Waals surface area contributed by atoms with Gasteiger partial charge in [0.1, 0.15) is 11.6 Å². The molecule has 0 spiro atoms. The zero-order chi connectivity index (χ0) is 14.9. The molecule has 0 aliphatic carbocycles. The van der Waals surface area contributed by atoms with E-state index >= 15 is 0 Å². The number of aromatic nitrogens is 2. The molecule has 1 N–H and O–H groups in total. The van der Waals surface area contributed by atoms with Crippen molar-refractivity contribution in [1.29, 1.82) is 0 Å². The molecule has 0 amide bonds. The molecule has 0 atom stereocenters. The number of hydrogen-bond acceptors (Lipinski definition) is 3. The maximum absolute atomic E-state index is 13.3. The van der Waals surface area contributed by atoms with E-state index in [-0.39, 0.29) is 11.7 Å². The highest BCUT2D eigenvalue weighted by Gasteiger charge is 2.15. The minimum atomic E-state index is -0.302. The number of halogens is 3. The maximum atomic E-state index is 13.3. The topological polar surface area (TPSA) is 37.8 Å². The Morgan fingerprint density at radius 3 is 2.45 bits per heavy atom. The summed E-state index contributed by atoms with van der Waals surface area (Å²) in [5, 5.41) is 3.04. The summed E-state index contributed by atoms with van der Waals surface area (Å²) >= 11 is 6.70. The van der Waals surface area contributed by atoms with Crippen molar-refractivity contribution in [3.8, 4) is 11.4 Å². The first-order valence-electron chi connectivity index (χ1n) is 6.14. The minimum absolute atomic E-state index is 0.252. The van der Waals surface area contributed by atoms with Crippen molar-refractivity contribution in [1.82, 2.24) is 9.97 Å². The van der Waals surface area contributed by atoms with E-state index in [2.05, 4.69) is 61.0 Å². The molecule has 0 saturated carbocycles. The Kier molecular flexibility index (Phi) is 4.75. The van der Waals surface area contributed by atoms with Crippen LogP contribution >= 0.6 is 31.9 Å². The molecule has 0 aliphatic rings. The quantitative estimate of drug-likeness (QED) is 0.787. The van der Waals surface area contributed by atoms with E-state index in [1.165, 1.54) is 6.07 Å². The van der Waals surface area contributed by atoms with Crippen LogP contribution in [-0.2, 0) is 0 Å². The lowest BCUT2D eigenvalue weighted by atomic mass is 10.1. The predicted octanol–water partition coefficient (Wildman–Crippen LogP) is 4.97. The zero-order valence-corrected chi connectivity index (χ0v) is 14.5. The largest absolute Gasteiger partial charge is 0.372 e. The lowest BCUT2D eigenvalue weighted by Gasteiger charge is -2.13. The van der Waals surface area contributed by atoms with Gasteiger partial charge in [0, 0.05) is 12.6 Å². The molecule has 0 unspecified atom stereocenters. The summed E-state index contributed by atoms with van der Waals surface area (Å²) in [6.07, 6.45) is 0. The van der Waals surface area contributed by atoms with Crippen molar-refractivity contribution in [2.45, 2.75) is 19.8 Å². The van der Waals surface area contributed by atoms with Crippen LogP contribution in [0.2, 0.25) is 0 Å². The fourth-order valence-electron chi connectivity index (χ4n) is 1.78. The van der Waals surface area contributed by atoms with Gasteiger partial charge in [-0.15, -0.1) is 0 Å². The molecule has 3 nitrogen and oxygen atoms in total. The van der Waals surface area contributed by atoms with Crippen LogP contribution in [0.15, 0.2) is 27.1 Å². The van der Waals surface area contributed by atoms with Gasteiger partial charge in [0.25, 0.3) is 0 Å². The summed E-state index contributed by atoms with van der Waals surface area (Å²) < 4.78 is 14.6. The molecule has 1 aromatic carbocycles. The number of rotatable bonds is 3. The third-order valence-corrected chi connectivity index (χ3v) is 4.23.